The van der Waals surface area contributed by atoms with Gasteiger partial charge in [-0.3, -0.25) is 0 Å². The third-order valence-corrected chi connectivity index (χ3v) is 1.11. The number of amides is 1. The Hall–Kier alpha value is -1.98. The average molecular weight is 186 g/mol. The van der Waals surface area contributed by atoms with Gasteiger partial charge in [-0.15, -0.1) is 6.58 Å². The normalized spacial score (nSPS) is 11.4. The van der Waals surface area contributed by atoms with Gasteiger partial charge in [-0.2, -0.15) is 0 Å². The van der Waals surface area contributed by atoms with Crippen LogP contribution in [0.25, 0.3) is 0 Å². The second-order valence-electron chi connectivity index (χ2n) is 2.06. The van der Waals surface area contributed by atoms with Crippen LogP contribution in [0.5, 0.6) is 0 Å². The molecule has 0 aromatic heterocycles. The molecule has 0 unspecified atom stereocenters. The molecule has 0 bridgehead atoms. The number of carbonyl (C=O) groups is 2. The fourth-order valence-electron chi connectivity index (χ4n) is 0.608. The summed E-state index contributed by atoms with van der Waals surface area (Å²) in [5.74, 6) is -1.79. The van der Waals surface area contributed by atoms with Gasteiger partial charge in [0.05, 0.1) is 0 Å². The Morgan fingerprint density at radius 1 is 1.46 bits per heavy atom. The molecule has 0 aliphatic rings. The third kappa shape index (κ3) is 3.80. The molecule has 0 saturated carbocycles. The molecule has 6 nitrogen and oxygen atoms in total. The van der Waals surface area contributed by atoms with Crippen LogP contribution in [0, 0.1) is 0 Å². The van der Waals surface area contributed by atoms with Gasteiger partial charge < -0.3 is 21.3 Å². The first-order chi connectivity index (χ1) is 5.99. The first kappa shape index (κ1) is 11.0. The number of nitrogens with two attached hydrogens (primary N) is 2. The van der Waals surface area contributed by atoms with Crippen LogP contribution in [-0.2, 0) is 9.53 Å². The molecule has 13 heavy (non-hydrogen) atoms. The van der Waals surface area contributed by atoms with Gasteiger partial charge in [0, 0.05) is 6.42 Å². The number of carboxylic acid groups (broad SMARTS) is 1. The number of aliphatic carboxylic acids is 1. The lowest BCUT2D eigenvalue weighted by molar-refractivity contribution is -0.132. The molecule has 0 spiro atoms. The number of hydrogen-bond acceptors (Lipinski definition) is 4. The first-order valence-corrected chi connectivity index (χ1v) is 3.29. The van der Waals surface area contributed by atoms with Crippen LogP contribution in [0.3, 0.4) is 0 Å². The smallest absolute Gasteiger partial charge is 0.411 e. The van der Waals surface area contributed by atoms with Gasteiger partial charge >= 0.3 is 12.1 Å². The quantitative estimate of drug-likeness (QED) is 0.322. The Morgan fingerprint density at radius 3 is 2.31 bits per heavy atom. The van der Waals surface area contributed by atoms with Crippen LogP contribution < -0.4 is 11.5 Å². The van der Waals surface area contributed by atoms with Crippen LogP contribution in [0.4, 0.5) is 4.79 Å². The van der Waals surface area contributed by atoms with Crippen molar-refractivity contribution in [3.63, 3.8) is 0 Å². The van der Waals surface area contributed by atoms with Crippen LogP contribution in [0.1, 0.15) is 6.42 Å². The molecule has 0 aliphatic carbocycles. The number of allylic oxidation sites excluding steroid dienone is 1. The molecule has 0 aromatic rings. The second kappa shape index (κ2) is 4.81. The minimum absolute atomic E-state index is 0.00551. The molecule has 0 rings (SSSR count). The molecule has 0 aromatic carbocycles. The average Bonchev–Trinajstić information content (AvgIpc) is 1.97. The second-order valence-corrected chi connectivity index (χ2v) is 2.06. The van der Waals surface area contributed by atoms with Gasteiger partial charge in [0.15, 0.2) is 0 Å². The Kier molecular flexibility index (Phi) is 4.08. The van der Waals surface area contributed by atoms with E-state index in [2.05, 4.69) is 17.0 Å². The number of carbonyl (C=O) groups excluding carboxylic acids is 1. The number of rotatable bonds is 4. The highest BCUT2D eigenvalue weighted by molar-refractivity contribution is 5.87. The van der Waals surface area contributed by atoms with E-state index < -0.39 is 17.9 Å². The van der Waals surface area contributed by atoms with Crippen LogP contribution in [-0.4, -0.2) is 17.2 Å². The van der Waals surface area contributed by atoms with E-state index in [1.54, 1.807) is 0 Å². The van der Waals surface area contributed by atoms with Gasteiger partial charge in [-0.05, 0) is 0 Å². The largest absolute Gasteiger partial charge is 0.478 e. The molecule has 0 aliphatic heterocycles. The van der Waals surface area contributed by atoms with Gasteiger partial charge in [0.1, 0.15) is 5.57 Å². The van der Waals surface area contributed by atoms with E-state index in [1.807, 2.05) is 0 Å². The Morgan fingerprint density at radius 2 is 2.00 bits per heavy atom. The van der Waals surface area contributed by atoms with E-state index in [0.29, 0.717) is 0 Å². The third-order valence-electron chi connectivity index (χ3n) is 1.11. The summed E-state index contributed by atoms with van der Waals surface area (Å²) in [5.41, 5.74) is 9.51. The zero-order chi connectivity index (χ0) is 10.4. The molecule has 0 saturated heterocycles. The molecule has 1 amide bonds. The molecule has 6 heteroatoms. The van der Waals surface area contributed by atoms with Crippen molar-refractivity contribution in [1.82, 2.24) is 0 Å². The molecule has 0 atom stereocenters. The first-order valence-electron chi connectivity index (χ1n) is 3.29. The number of carboxylic acids is 1. The molecule has 5 N–H and O–H groups in total. The summed E-state index contributed by atoms with van der Waals surface area (Å²) in [6.45, 7) is 3.32. The van der Waals surface area contributed by atoms with E-state index in [-0.39, 0.29) is 12.0 Å². The van der Waals surface area contributed by atoms with Crippen molar-refractivity contribution in [2.45, 2.75) is 6.42 Å². The van der Waals surface area contributed by atoms with Gasteiger partial charge in [-0.1, -0.05) is 6.08 Å². The van der Waals surface area contributed by atoms with Crippen molar-refractivity contribution in [2.24, 2.45) is 11.5 Å². The van der Waals surface area contributed by atoms with E-state index in [4.69, 9.17) is 10.8 Å². The molecule has 0 fully saturated rings. The van der Waals surface area contributed by atoms with Crippen molar-refractivity contribution in [1.29, 1.82) is 0 Å². The Balaban J connectivity index is 4.73. The molecular formula is C7H10N2O4. The lowest BCUT2D eigenvalue weighted by atomic mass is 10.2. The minimum Gasteiger partial charge on any atom is -0.478 e. The van der Waals surface area contributed by atoms with E-state index in [0.717, 1.165) is 0 Å². The Labute approximate surface area is 74.5 Å². The van der Waals surface area contributed by atoms with Gasteiger partial charge in [-0.25, -0.2) is 9.59 Å². The molecular weight excluding hydrogens is 176 g/mol. The van der Waals surface area contributed by atoms with Crippen molar-refractivity contribution < 1.29 is 19.4 Å². The highest BCUT2D eigenvalue weighted by Crippen LogP contribution is 2.06. The maximum Gasteiger partial charge on any atom is 0.411 e. The summed E-state index contributed by atoms with van der Waals surface area (Å²) < 4.78 is 4.19. The predicted molar refractivity (Wildman–Crippen MR) is 44.3 cm³/mol. The standard InChI is InChI=1S/C7H10N2O4/c1-2-3-4(6(10)11)5(8)13-7(9)12/h2H,1,3,8H2,(H2,9,12)(H,10,11). The SMILES string of the molecule is C=CCC(C(=O)O)=C(N)OC(N)=O. The van der Waals surface area contributed by atoms with Crippen molar-refractivity contribution in [2.75, 3.05) is 0 Å². The monoisotopic (exact) mass is 186 g/mol. The van der Waals surface area contributed by atoms with Gasteiger partial charge in [0.2, 0.25) is 5.88 Å². The lowest BCUT2D eigenvalue weighted by Crippen LogP contribution is -2.20. The fourth-order valence-corrected chi connectivity index (χ4v) is 0.608. The minimum atomic E-state index is -1.28. The van der Waals surface area contributed by atoms with Crippen molar-refractivity contribution in [3.8, 4) is 0 Å². The maximum atomic E-state index is 10.5. The van der Waals surface area contributed by atoms with Gasteiger partial charge in [0.25, 0.3) is 0 Å². The Bertz CT molecular complexity index is 270. The molecule has 72 valence electrons. The van der Waals surface area contributed by atoms with Crippen LogP contribution in [0.2, 0.25) is 0 Å². The van der Waals surface area contributed by atoms with E-state index in [1.165, 1.54) is 6.08 Å². The fraction of sp³-hybridized carbons (Fsp3) is 0.143. The lowest BCUT2D eigenvalue weighted by Gasteiger charge is -2.04. The van der Waals surface area contributed by atoms with Crippen molar-refractivity contribution >= 4 is 12.1 Å². The van der Waals surface area contributed by atoms with Crippen molar-refractivity contribution in [3.05, 3.63) is 24.1 Å². The molecule has 0 heterocycles. The van der Waals surface area contributed by atoms with Crippen LogP contribution >= 0.6 is 0 Å². The van der Waals surface area contributed by atoms with E-state index >= 15 is 0 Å². The topological polar surface area (TPSA) is 116 Å². The molecule has 0 radical (unpaired) electrons. The summed E-state index contributed by atoms with van der Waals surface area (Å²) in [6.07, 6.45) is 0.162. The summed E-state index contributed by atoms with van der Waals surface area (Å²) in [4.78, 5) is 20.7. The summed E-state index contributed by atoms with van der Waals surface area (Å²) >= 11 is 0. The predicted octanol–water partition coefficient (Wildman–Crippen LogP) is -0.0873. The van der Waals surface area contributed by atoms with E-state index in [9.17, 15) is 9.59 Å². The zero-order valence-corrected chi connectivity index (χ0v) is 6.82. The number of primary amides is 1. The number of ether oxygens (including phenoxy) is 1. The highest BCUT2D eigenvalue weighted by Gasteiger charge is 2.13. The number of hydrogen-bond donors (Lipinski definition) is 3. The summed E-state index contributed by atoms with van der Waals surface area (Å²) in [6, 6.07) is 0. The van der Waals surface area contributed by atoms with Crippen LogP contribution in [0.15, 0.2) is 24.1 Å². The maximum absolute atomic E-state index is 10.5. The summed E-state index contributed by atoms with van der Waals surface area (Å²) in [7, 11) is 0. The summed E-state index contributed by atoms with van der Waals surface area (Å²) in [5, 5.41) is 8.57. The zero-order valence-electron chi connectivity index (χ0n) is 6.82. The highest BCUT2D eigenvalue weighted by atomic mass is 16.6.